The van der Waals surface area contributed by atoms with E-state index < -0.39 is 29.1 Å². The van der Waals surface area contributed by atoms with Gasteiger partial charge in [-0.3, -0.25) is 9.48 Å². The minimum Gasteiger partial charge on any atom is -0.481 e. The first-order chi connectivity index (χ1) is 16.5. The fraction of sp³-hybridized carbons (Fsp3) is 0.280. The zero-order valence-corrected chi connectivity index (χ0v) is 19.6. The van der Waals surface area contributed by atoms with Crippen molar-refractivity contribution in [3.63, 3.8) is 0 Å². The Bertz CT molecular complexity index is 1480. The lowest BCUT2D eigenvalue weighted by Gasteiger charge is -2.33. The Balaban J connectivity index is 1.83. The number of aromatic nitrogens is 4. The maximum absolute atomic E-state index is 14.3. The van der Waals surface area contributed by atoms with Gasteiger partial charge in [0.15, 0.2) is 0 Å². The smallest absolute Gasteiger partial charge is 0.305 e. The van der Waals surface area contributed by atoms with Crippen LogP contribution < -0.4 is 5.32 Å². The molecule has 0 saturated carbocycles. The van der Waals surface area contributed by atoms with E-state index in [0.717, 1.165) is 6.07 Å². The first-order valence-electron chi connectivity index (χ1n) is 10.9. The van der Waals surface area contributed by atoms with Crippen LogP contribution in [0.5, 0.6) is 0 Å². The van der Waals surface area contributed by atoms with Gasteiger partial charge in [0.25, 0.3) is 0 Å². The van der Waals surface area contributed by atoms with Crippen molar-refractivity contribution in [1.29, 1.82) is 5.26 Å². The van der Waals surface area contributed by atoms with Gasteiger partial charge in [-0.2, -0.15) is 10.4 Å². The summed E-state index contributed by atoms with van der Waals surface area (Å²) < 4.78 is 29.9. The molecule has 0 radical (unpaired) electrons. The van der Waals surface area contributed by atoms with E-state index in [9.17, 15) is 23.9 Å². The minimum absolute atomic E-state index is 0.0993. The van der Waals surface area contributed by atoms with Crippen LogP contribution in [0, 0.1) is 29.9 Å². The van der Waals surface area contributed by atoms with Gasteiger partial charge in [-0.25, -0.2) is 13.8 Å². The number of nitrogens with zero attached hydrogens (tertiary/aromatic N) is 4. The number of hydrogen-bond acceptors (Lipinski definition) is 5. The van der Waals surface area contributed by atoms with Crippen molar-refractivity contribution in [1.82, 2.24) is 19.7 Å². The molecule has 0 spiro atoms. The number of fused-ring (bicyclic) bond motifs is 1. The minimum atomic E-state index is -0.999. The number of halogens is 2. The van der Waals surface area contributed by atoms with E-state index in [1.807, 2.05) is 19.9 Å². The second-order valence-corrected chi connectivity index (χ2v) is 9.07. The molecule has 1 unspecified atom stereocenters. The van der Waals surface area contributed by atoms with E-state index in [-0.39, 0.29) is 28.6 Å². The average Bonchev–Trinajstić information content (AvgIpc) is 3.40. The molecule has 0 bridgehead atoms. The molecule has 0 aliphatic carbocycles. The van der Waals surface area contributed by atoms with Gasteiger partial charge >= 0.3 is 5.97 Å². The Morgan fingerprint density at radius 3 is 2.71 bits per heavy atom. The molecule has 0 saturated heterocycles. The fourth-order valence-electron chi connectivity index (χ4n) is 4.16. The number of carboxylic acid groups (broad SMARTS) is 1. The van der Waals surface area contributed by atoms with E-state index in [4.69, 9.17) is 0 Å². The van der Waals surface area contributed by atoms with Crippen molar-refractivity contribution in [2.45, 2.75) is 38.6 Å². The number of carbonyl (C=O) groups is 1. The van der Waals surface area contributed by atoms with Crippen molar-refractivity contribution in [2.24, 2.45) is 7.05 Å². The van der Waals surface area contributed by atoms with Gasteiger partial charge in [0, 0.05) is 47.9 Å². The van der Waals surface area contributed by atoms with Gasteiger partial charge < -0.3 is 15.4 Å². The van der Waals surface area contributed by atoms with Crippen LogP contribution in [0.25, 0.3) is 22.2 Å². The molecule has 35 heavy (non-hydrogen) atoms. The quantitative estimate of drug-likeness (QED) is 0.356. The molecule has 0 aliphatic heterocycles. The van der Waals surface area contributed by atoms with Gasteiger partial charge in [-0.15, -0.1) is 0 Å². The zero-order chi connectivity index (χ0) is 25.5. The van der Waals surface area contributed by atoms with Gasteiger partial charge in [0.1, 0.15) is 23.5 Å². The van der Waals surface area contributed by atoms with Gasteiger partial charge in [-0.1, -0.05) is 13.8 Å². The summed E-state index contributed by atoms with van der Waals surface area (Å²) in [5, 5.41) is 27.3. The monoisotopic (exact) mass is 478 g/mol. The number of carboxylic acids is 1. The van der Waals surface area contributed by atoms with Gasteiger partial charge in [-0.05, 0) is 30.7 Å². The number of nitrogens with one attached hydrogen (secondary N) is 2. The second-order valence-electron chi connectivity index (χ2n) is 9.07. The maximum atomic E-state index is 14.3. The van der Waals surface area contributed by atoms with Crippen LogP contribution in [0.15, 0.2) is 36.7 Å². The molecule has 0 amide bonds. The fourth-order valence-corrected chi connectivity index (χ4v) is 4.16. The summed E-state index contributed by atoms with van der Waals surface area (Å²) in [6.45, 7) is 5.53. The number of benzene rings is 1. The highest BCUT2D eigenvalue weighted by molar-refractivity contribution is 5.96. The van der Waals surface area contributed by atoms with Crippen molar-refractivity contribution < 1.29 is 18.7 Å². The summed E-state index contributed by atoms with van der Waals surface area (Å²) in [5.74, 6) is -2.15. The number of aliphatic carboxylic acids is 1. The lowest BCUT2D eigenvalue weighted by molar-refractivity contribution is -0.137. The second kappa shape index (κ2) is 8.83. The summed E-state index contributed by atoms with van der Waals surface area (Å²) in [7, 11) is 1.78. The van der Waals surface area contributed by atoms with E-state index in [1.165, 1.54) is 12.3 Å². The SMILES string of the molecule is Cc1cc(C#N)c(-c2c[nH]c3c(F)cc(F)cc23)nc1NC(CC(=O)O)C(C)(C)c1ccn(C)n1. The van der Waals surface area contributed by atoms with E-state index in [0.29, 0.717) is 22.6 Å². The topological polar surface area (TPSA) is 120 Å². The third-order valence-corrected chi connectivity index (χ3v) is 6.23. The summed E-state index contributed by atoms with van der Waals surface area (Å²) in [6, 6.07) is 6.88. The van der Waals surface area contributed by atoms with Crippen LogP contribution in [-0.2, 0) is 17.3 Å². The molecule has 0 aliphatic rings. The molecule has 3 N–H and O–H groups in total. The number of anilines is 1. The van der Waals surface area contributed by atoms with Crippen molar-refractivity contribution in [3.05, 3.63) is 65.1 Å². The molecule has 3 heterocycles. The van der Waals surface area contributed by atoms with Crippen molar-refractivity contribution in [2.75, 3.05) is 5.32 Å². The molecular weight excluding hydrogens is 454 g/mol. The van der Waals surface area contributed by atoms with Crippen LogP contribution >= 0.6 is 0 Å². The van der Waals surface area contributed by atoms with Crippen LogP contribution in [0.2, 0.25) is 0 Å². The maximum Gasteiger partial charge on any atom is 0.305 e. The third kappa shape index (κ3) is 4.45. The molecule has 4 aromatic rings. The summed E-state index contributed by atoms with van der Waals surface area (Å²) >= 11 is 0. The van der Waals surface area contributed by atoms with Crippen LogP contribution in [0.1, 0.15) is 37.1 Å². The molecule has 4 rings (SSSR count). The predicted octanol–water partition coefficient (Wildman–Crippen LogP) is 4.65. The van der Waals surface area contributed by atoms with Gasteiger partial charge in [0.2, 0.25) is 0 Å². The number of H-pyrrole nitrogens is 1. The third-order valence-electron chi connectivity index (χ3n) is 6.23. The average molecular weight is 479 g/mol. The number of aromatic amines is 1. The lowest BCUT2D eigenvalue weighted by Crippen LogP contribution is -2.42. The Labute approximate surface area is 200 Å². The van der Waals surface area contributed by atoms with Crippen LogP contribution in [-0.4, -0.2) is 36.9 Å². The first kappa shape index (κ1) is 23.9. The Morgan fingerprint density at radius 2 is 2.09 bits per heavy atom. The van der Waals surface area contributed by atoms with Crippen molar-refractivity contribution >= 4 is 22.7 Å². The summed E-state index contributed by atoms with van der Waals surface area (Å²) in [6.07, 6.45) is 3.04. The van der Waals surface area contributed by atoms with Crippen molar-refractivity contribution in [3.8, 4) is 17.3 Å². The Morgan fingerprint density at radius 1 is 1.34 bits per heavy atom. The molecule has 0 fully saturated rings. The van der Waals surface area contributed by atoms with Crippen LogP contribution in [0.3, 0.4) is 0 Å². The molecule has 1 aromatic carbocycles. The number of aryl methyl sites for hydroxylation is 2. The molecular formula is C25H24F2N6O2. The number of hydrogen-bond donors (Lipinski definition) is 3. The van der Waals surface area contributed by atoms with Crippen LogP contribution in [0.4, 0.5) is 14.6 Å². The predicted molar refractivity (Wildman–Crippen MR) is 127 cm³/mol. The van der Waals surface area contributed by atoms with E-state index in [2.05, 4.69) is 26.5 Å². The highest BCUT2D eigenvalue weighted by Gasteiger charge is 2.36. The largest absolute Gasteiger partial charge is 0.481 e. The molecule has 8 nitrogen and oxygen atoms in total. The number of nitriles is 1. The molecule has 1 atom stereocenters. The Hall–Kier alpha value is -4.26. The zero-order valence-electron chi connectivity index (χ0n) is 19.6. The molecule has 180 valence electrons. The molecule has 10 heteroatoms. The van der Waals surface area contributed by atoms with E-state index in [1.54, 1.807) is 30.9 Å². The summed E-state index contributed by atoms with van der Waals surface area (Å²) in [5.41, 5.74) is 1.52. The standard InChI is InChI=1S/C25H24F2N6O2/c1-13-7-14(11-28)22(17-12-29-23-16(17)8-15(26)9-18(23)27)31-24(13)30-20(10-21(34)35)25(2,3)19-5-6-33(4)32-19/h5-9,12,20,29H,10H2,1-4H3,(H,30,31)(H,34,35). The number of pyridine rings is 1. The lowest BCUT2D eigenvalue weighted by atomic mass is 9.79. The summed E-state index contributed by atoms with van der Waals surface area (Å²) in [4.78, 5) is 19.1. The molecule has 3 aromatic heterocycles. The highest BCUT2D eigenvalue weighted by atomic mass is 19.1. The van der Waals surface area contributed by atoms with Gasteiger partial charge in [0.05, 0.1) is 28.9 Å². The number of rotatable bonds is 7. The first-order valence-corrected chi connectivity index (χ1v) is 10.9. The van der Waals surface area contributed by atoms with E-state index >= 15 is 0 Å². The highest BCUT2D eigenvalue weighted by Crippen LogP contribution is 2.35. The Kier molecular flexibility index (Phi) is 6.03. The normalized spacial score (nSPS) is 12.5.